The summed E-state index contributed by atoms with van der Waals surface area (Å²) in [6.07, 6.45) is 5.93. The summed E-state index contributed by atoms with van der Waals surface area (Å²) in [5, 5.41) is 10.3. The van der Waals surface area contributed by atoms with Crippen molar-refractivity contribution >= 4 is 11.6 Å². The molecule has 2 aromatic rings. The van der Waals surface area contributed by atoms with Crippen molar-refractivity contribution in [1.82, 2.24) is 15.1 Å². The minimum atomic E-state index is -0.0218. The number of nitrogens with zero attached hydrogens (tertiary/aromatic N) is 2. The summed E-state index contributed by atoms with van der Waals surface area (Å²) < 4.78 is 1.74. The Morgan fingerprint density at radius 2 is 2.16 bits per heavy atom. The number of carbonyl (C=O) groups excluding carboxylic acids is 1. The molecule has 1 aromatic carbocycles. The van der Waals surface area contributed by atoms with Crippen molar-refractivity contribution in [3.63, 3.8) is 0 Å². The van der Waals surface area contributed by atoms with Crippen LogP contribution in [-0.2, 0) is 4.79 Å². The molecule has 5 heteroatoms. The van der Waals surface area contributed by atoms with Crippen LogP contribution in [0.1, 0.15) is 12.8 Å². The molecule has 0 spiro atoms. The highest BCUT2D eigenvalue weighted by Crippen LogP contribution is 2.20. The van der Waals surface area contributed by atoms with Crippen molar-refractivity contribution < 1.29 is 4.79 Å². The standard InChI is InChI=1S/C14H16N4O/c19-14(10-15-11-6-7-11)17-12-4-1-2-5-13(12)18-9-3-8-16-18/h1-5,8-9,11,15H,6-7,10H2,(H,17,19). The fourth-order valence-electron chi connectivity index (χ4n) is 1.91. The molecule has 0 atom stereocenters. The minimum Gasteiger partial charge on any atom is -0.323 e. The van der Waals surface area contributed by atoms with Gasteiger partial charge in [-0.05, 0) is 31.0 Å². The smallest absolute Gasteiger partial charge is 0.238 e. The lowest BCUT2D eigenvalue weighted by atomic mass is 10.2. The molecule has 0 bridgehead atoms. The Labute approximate surface area is 111 Å². The molecule has 98 valence electrons. The zero-order valence-corrected chi connectivity index (χ0v) is 10.5. The highest BCUT2D eigenvalue weighted by Gasteiger charge is 2.21. The van der Waals surface area contributed by atoms with Crippen molar-refractivity contribution in [3.8, 4) is 5.69 Å². The van der Waals surface area contributed by atoms with E-state index in [4.69, 9.17) is 0 Å². The third kappa shape index (κ3) is 3.00. The van der Waals surface area contributed by atoms with Gasteiger partial charge in [-0.15, -0.1) is 0 Å². The average Bonchev–Trinajstić information content (AvgIpc) is 3.10. The highest BCUT2D eigenvalue weighted by molar-refractivity contribution is 5.94. The lowest BCUT2D eigenvalue weighted by molar-refractivity contribution is -0.115. The van der Waals surface area contributed by atoms with E-state index < -0.39 is 0 Å². The number of amides is 1. The lowest BCUT2D eigenvalue weighted by Crippen LogP contribution is -2.29. The quantitative estimate of drug-likeness (QED) is 0.853. The second-order valence-corrected chi connectivity index (χ2v) is 4.67. The number of benzene rings is 1. The molecule has 2 N–H and O–H groups in total. The zero-order valence-electron chi connectivity index (χ0n) is 10.5. The maximum atomic E-state index is 11.9. The largest absolute Gasteiger partial charge is 0.323 e. The van der Waals surface area contributed by atoms with Crippen LogP contribution in [0.3, 0.4) is 0 Å². The van der Waals surface area contributed by atoms with E-state index in [2.05, 4.69) is 15.7 Å². The Kier molecular flexibility index (Phi) is 3.29. The number of anilines is 1. The molecular formula is C14H16N4O. The van der Waals surface area contributed by atoms with Crippen molar-refractivity contribution in [2.45, 2.75) is 18.9 Å². The molecule has 0 aliphatic heterocycles. The summed E-state index contributed by atoms with van der Waals surface area (Å²) in [7, 11) is 0. The van der Waals surface area contributed by atoms with Gasteiger partial charge in [0.25, 0.3) is 0 Å². The van der Waals surface area contributed by atoms with Crippen LogP contribution in [0.25, 0.3) is 5.69 Å². The Hall–Kier alpha value is -2.14. The first kappa shape index (κ1) is 11.9. The third-order valence-electron chi connectivity index (χ3n) is 3.06. The van der Waals surface area contributed by atoms with Gasteiger partial charge in [-0.1, -0.05) is 12.1 Å². The maximum absolute atomic E-state index is 11.9. The van der Waals surface area contributed by atoms with Crippen molar-refractivity contribution in [1.29, 1.82) is 0 Å². The number of carbonyl (C=O) groups is 1. The molecule has 0 unspecified atom stereocenters. The van der Waals surface area contributed by atoms with Crippen LogP contribution in [0.4, 0.5) is 5.69 Å². The van der Waals surface area contributed by atoms with Gasteiger partial charge in [0.2, 0.25) is 5.91 Å². The van der Waals surface area contributed by atoms with Gasteiger partial charge < -0.3 is 10.6 Å². The normalized spacial score (nSPS) is 14.3. The molecule has 19 heavy (non-hydrogen) atoms. The van der Waals surface area contributed by atoms with Crippen LogP contribution in [0.15, 0.2) is 42.7 Å². The predicted octanol–water partition coefficient (Wildman–Crippen LogP) is 1.56. The second-order valence-electron chi connectivity index (χ2n) is 4.67. The maximum Gasteiger partial charge on any atom is 0.238 e. The van der Waals surface area contributed by atoms with Gasteiger partial charge in [0.1, 0.15) is 0 Å². The van der Waals surface area contributed by atoms with Crippen LogP contribution in [-0.4, -0.2) is 28.3 Å². The fraction of sp³-hybridized carbons (Fsp3) is 0.286. The first-order valence-electron chi connectivity index (χ1n) is 6.45. The van der Waals surface area contributed by atoms with E-state index in [-0.39, 0.29) is 5.91 Å². The molecular weight excluding hydrogens is 240 g/mol. The topological polar surface area (TPSA) is 59.0 Å². The van der Waals surface area contributed by atoms with Crippen molar-refractivity contribution in [2.75, 3.05) is 11.9 Å². The SMILES string of the molecule is O=C(CNC1CC1)Nc1ccccc1-n1cccn1. The number of rotatable bonds is 5. The summed E-state index contributed by atoms with van der Waals surface area (Å²) in [4.78, 5) is 11.9. The van der Waals surface area contributed by atoms with E-state index in [1.165, 1.54) is 12.8 Å². The Morgan fingerprint density at radius 1 is 1.32 bits per heavy atom. The van der Waals surface area contributed by atoms with Crippen LogP contribution in [0.5, 0.6) is 0 Å². The lowest BCUT2D eigenvalue weighted by Gasteiger charge is -2.11. The summed E-state index contributed by atoms with van der Waals surface area (Å²) in [6.45, 7) is 0.359. The molecule has 3 rings (SSSR count). The predicted molar refractivity (Wildman–Crippen MR) is 73.2 cm³/mol. The van der Waals surface area contributed by atoms with E-state index in [1.54, 1.807) is 10.9 Å². The van der Waals surface area contributed by atoms with Gasteiger partial charge >= 0.3 is 0 Å². The number of nitrogens with one attached hydrogen (secondary N) is 2. The number of hydrogen-bond donors (Lipinski definition) is 2. The fourth-order valence-corrected chi connectivity index (χ4v) is 1.91. The van der Waals surface area contributed by atoms with Crippen molar-refractivity contribution in [3.05, 3.63) is 42.7 Å². The molecule has 1 saturated carbocycles. The Bertz CT molecular complexity index is 561. The van der Waals surface area contributed by atoms with Gasteiger partial charge in [-0.2, -0.15) is 5.10 Å². The van der Waals surface area contributed by atoms with Gasteiger partial charge in [-0.3, -0.25) is 4.79 Å². The van der Waals surface area contributed by atoms with Crippen LogP contribution in [0, 0.1) is 0 Å². The molecule has 0 radical (unpaired) electrons. The monoisotopic (exact) mass is 256 g/mol. The number of aromatic nitrogens is 2. The van der Waals surface area contributed by atoms with Gasteiger partial charge in [0.05, 0.1) is 17.9 Å². The van der Waals surface area contributed by atoms with Gasteiger partial charge in [-0.25, -0.2) is 4.68 Å². The molecule has 5 nitrogen and oxygen atoms in total. The van der Waals surface area contributed by atoms with E-state index >= 15 is 0 Å². The van der Waals surface area contributed by atoms with E-state index in [0.717, 1.165) is 11.4 Å². The Balaban J connectivity index is 1.71. The van der Waals surface area contributed by atoms with E-state index in [1.807, 2.05) is 36.5 Å². The summed E-state index contributed by atoms with van der Waals surface area (Å²) in [5.74, 6) is -0.0218. The molecule has 1 heterocycles. The molecule has 1 aliphatic rings. The summed E-state index contributed by atoms with van der Waals surface area (Å²) in [5.41, 5.74) is 1.64. The summed E-state index contributed by atoms with van der Waals surface area (Å²) in [6, 6.07) is 10.0. The third-order valence-corrected chi connectivity index (χ3v) is 3.06. The molecule has 1 aromatic heterocycles. The first-order chi connectivity index (χ1) is 9.33. The number of para-hydroxylation sites is 2. The van der Waals surface area contributed by atoms with E-state index in [9.17, 15) is 4.79 Å². The first-order valence-corrected chi connectivity index (χ1v) is 6.45. The zero-order chi connectivity index (χ0) is 13.1. The van der Waals surface area contributed by atoms with Crippen LogP contribution < -0.4 is 10.6 Å². The van der Waals surface area contributed by atoms with Crippen molar-refractivity contribution in [2.24, 2.45) is 0 Å². The average molecular weight is 256 g/mol. The number of hydrogen-bond acceptors (Lipinski definition) is 3. The van der Waals surface area contributed by atoms with Gasteiger partial charge in [0, 0.05) is 18.4 Å². The van der Waals surface area contributed by atoms with Crippen LogP contribution >= 0.6 is 0 Å². The molecule has 1 aliphatic carbocycles. The second kappa shape index (κ2) is 5.24. The van der Waals surface area contributed by atoms with E-state index in [0.29, 0.717) is 12.6 Å². The summed E-state index contributed by atoms with van der Waals surface area (Å²) >= 11 is 0. The van der Waals surface area contributed by atoms with Crippen LogP contribution in [0.2, 0.25) is 0 Å². The molecule has 1 fully saturated rings. The minimum absolute atomic E-state index is 0.0218. The highest BCUT2D eigenvalue weighted by atomic mass is 16.1. The molecule has 1 amide bonds. The molecule has 0 saturated heterocycles. The van der Waals surface area contributed by atoms with Gasteiger partial charge in [0.15, 0.2) is 0 Å². The Morgan fingerprint density at radius 3 is 2.89 bits per heavy atom.